The fourth-order valence-electron chi connectivity index (χ4n) is 2.63. The SMILES string of the molecule is CCC1CCCN(c2cc(F)c(C(=O)O)cc2N)C1. The Hall–Kier alpha value is -1.78. The number of halogens is 1. The van der Waals surface area contributed by atoms with E-state index in [0.29, 0.717) is 17.3 Å². The maximum atomic E-state index is 13.8. The molecule has 2 rings (SSSR count). The number of anilines is 2. The number of hydrogen-bond acceptors (Lipinski definition) is 3. The molecule has 4 nitrogen and oxygen atoms in total. The van der Waals surface area contributed by atoms with Crippen molar-refractivity contribution in [2.45, 2.75) is 26.2 Å². The van der Waals surface area contributed by atoms with Crippen LogP contribution in [0.15, 0.2) is 12.1 Å². The molecule has 1 unspecified atom stereocenters. The van der Waals surface area contributed by atoms with Crippen LogP contribution >= 0.6 is 0 Å². The number of piperidine rings is 1. The number of aromatic carboxylic acids is 1. The molecule has 104 valence electrons. The first-order valence-electron chi connectivity index (χ1n) is 6.60. The molecule has 0 bridgehead atoms. The zero-order valence-corrected chi connectivity index (χ0v) is 11.0. The van der Waals surface area contributed by atoms with Crippen LogP contribution in [0, 0.1) is 11.7 Å². The number of rotatable bonds is 3. The van der Waals surface area contributed by atoms with Gasteiger partial charge in [-0.25, -0.2) is 9.18 Å². The lowest BCUT2D eigenvalue weighted by molar-refractivity contribution is 0.0692. The molecule has 5 heteroatoms. The van der Waals surface area contributed by atoms with Crippen molar-refractivity contribution < 1.29 is 14.3 Å². The second-order valence-corrected chi connectivity index (χ2v) is 5.06. The molecule has 1 atom stereocenters. The summed E-state index contributed by atoms with van der Waals surface area (Å²) in [6.07, 6.45) is 3.33. The van der Waals surface area contributed by atoms with Crippen LogP contribution in [0.5, 0.6) is 0 Å². The first-order valence-corrected chi connectivity index (χ1v) is 6.60. The van der Waals surface area contributed by atoms with Crippen LogP contribution < -0.4 is 10.6 Å². The third-order valence-electron chi connectivity index (χ3n) is 3.78. The van der Waals surface area contributed by atoms with E-state index < -0.39 is 11.8 Å². The molecule has 3 N–H and O–H groups in total. The Labute approximate surface area is 112 Å². The minimum absolute atomic E-state index is 0.329. The minimum Gasteiger partial charge on any atom is -0.478 e. The van der Waals surface area contributed by atoms with Gasteiger partial charge in [-0.05, 0) is 24.8 Å². The topological polar surface area (TPSA) is 66.6 Å². The minimum atomic E-state index is -1.29. The Morgan fingerprint density at radius 2 is 2.32 bits per heavy atom. The van der Waals surface area contributed by atoms with Gasteiger partial charge in [-0.2, -0.15) is 0 Å². The van der Waals surface area contributed by atoms with E-state index in [9.17, 15) is 9.18 Å². The summed E-state index contributed by atoms with van der Waals surface area (Å²) in [4.78, 5) is 12.9. The van der Waals surface area contributed by atoms with E-state index in [4.69, 9.17) is 10.8 Å². The summed E-state index contributed by atoms with van der Waals surface area (Å²) in [5, 5.41) is 8.86. The van der Waals surface area contributed by atoms with Crippen LogP contribution in [-0.2, 0) is 0 Å². The van der Waals surface area contributed by atoms with Gasteiger partial charge >= 0.3 is 5.97 Å². The molecule has 1 aromatic rings. The first-order chi connectivity index (χ1) is 9.02. The quantitative estimate of drug-likeness (QED) is 0.825. The molecule has 0 spiro atoms. The monoisotopic (exact) mass is 266 g/mol. The molecule has 0 aromatic heterocycles. The van der Waals surface area contributed by atoms with Gasteiger partial charge in [0.2, 0.25) is 0 Å². The second-order valence-electron chi connectivity index (χ2n) is 5.06. The molecule has 0 aliphatic carbocycles. The Balaban J connectivity index is 2.30. The van der Waals surface area contributed by atoms with Crippen molar-refractivity contribution in [3.63, 3.8) is 0 Å². The number of carboxylic acids is 1. The molecular formula is C14H19FN2O2. The van der Waals surface area contributed by atoms with Gasteiger partial charge in [-0.15, -0.1) is 0 Å². The van der Waals surface area contributed by atoms with Gasteiger partial charge in [0.15, 0.2) is 0 Å². The largest absolute Gasteiger partial charge is 0.478 e. The van der Waals surface area contributed by atoms with E-state index in [2.05, 4.69) is 11.8 Å². The molecule has 0 amide bonds. The maximum Gasteiger partial charge on any atom is 0.338 e. The molecule has 19 heavy (non-hydrogen) atoms. The van der Waals surface area contributed by atoms with Crippen molar-refractivity contribution in [2.24, 2.45) is 5.92 Å². The summed E-state index contributed by atoms with van der Waals surface area (Å²) < 4.78 is 13.8. The lowest BCUT2D eigenvalue weighted by Gasteiger charge is -2.34. The van der Waals surface area contributed by atoms with Gasteiger partial charge in [-0.1, -0.05) is 13.3 Å². The summed E-state index contributed by atoms with van der Waals surface area (Å²) in [6, 6.07) is 2.46. The molecule has 1 fully saturated rings. The molecule has 1 heterocycles. The molecule has 0 saturated carbocycles. The molecular weight excluding hydrogens is 247 g/mol. The number of nitrogen functional groups attached to an aromatic ring is 1. The Kier molecular flexibility index (Phi) is 3.93. The van der Waals surface area contributed by atoms with Gasteiger partial charge < -0.3 is 15.7 Å². The third-order valence-corrected chi connectivity index (χ3v) is 3.78. The normalized spacial score (nSPS) is 19.5. The average Bonchev–Trinajstić information content (AvgIpc) is 2.40. The highest BCUT2D eigenvalue weighted by molar-refractivity contribution is 5.91. The van der Waals surface area contributed by atoms with E-state index in [0.717, 1.165) is 25.9 Å². The molecule has 0 radical (unpaired) electrons. The van der Waals surface area contributed by atoms with Crippen molar-refractivity contribution in [3.8, 4) is 0 Å². The van der Waals surface area contributed by atoms with Crippen LogP contribution in [0.3, 0.4) is 0 Å². The summed E-state index contributed by atoms with van der Waals surface area (Å²) in [5.41, 5.74) is 6.44. The van der Waals surface area contributed by atoms with E-state index in [-0.39, 0.29) is 5.56 Å². The van der Waals surface area contributed by atoms with Crippen molar-refractivity contribution in [3.05, 3.63) is 23.5 Å². The summed E-state index contributed by atoms with van der Waals surface area (Å²) in [5.74, 6) is -1.42. The average molecular weight is 266 g/mol. The highest BCUT2D eigenvalue weighted by Crippen LogP contribution is 2.31. The number of carbonyl (C=O) groups is 1. The van der Waals surface area contributed by atoms with Crippen LogP contribution in [0.4, 0.5) is 15.8 Å². The predicted molar refractivity (Wildman–Crippen MR) is 73.0 cm³/mol. The third kappa shape index (κ3) is 2.80. The van der Waals surface area contributed by atoms with Gasteiger partial charge in [0.05, 0.1) is 16.9 Å². The van der Waals surface area contributed by atoms with Crippen molar-refractivity contribution in [1.29, 1.82) is 0 Å². The number of carboxylic acid groups (broad SMARTS) is 1. The zero-order chi connectivity index (χ0) is 14.0. The molecule has 1 aromatic carbocycles. The van der Waals surface area contributed by atoms with Gasteiger partial charge in [0.1, 0.15) is 5.82 Å². The van der Waals surface area contributed by atoms with Crippen molar-refractivity contribution in [2.75, 3.05) is 23.7 Å². The Bertz CT molecular complexity index is 491. The standard InChI is InChI=1S/C14H19FN2O2/c1-2-9-4-3-5-17(8-9)13-7-11(15)10(14(18)19)6-12(13)16/h6-7,9H,2-5,8,16H2,1H3,(H,18,19). The lowest BCUT2D eigenvalue weighted by Crippen LogP contribution is -2.35. The number of hydrogen-bond donors (Lipinski definition) is 2. The van der Waals surface area contributed by atoms with Gasteiger partial charge in [0, 0.05) is 19.2 Å². The summed E-state index contributed by atoms with van der Waals surface area (Å²) in [7, 11) is 0. The number of benzene rings is 1. The van der Waals surface area contributed by atoms with E-state index in [1.807, 2.05) is 0 Å². The number of nitrogens with zero attached hydrogens (tertiary/aromatic N) is 1. The molecule has 1 saturated heterocycles. The highest BCUT2D eigenvalue weighted by atomic mass is 19.1. The molecule has 1 aliphatic heterocycles. The van der Waals surface area contributed by atoms with E-state index in [1.54, 1.807) is 0 Å². The van der Waals surface area contributed by atoms with Gasteiger partial charge in [-0.3, -0.25) is 0 Å². The molecule has 1 aliphatic rings. The van der Waals surface area contributed by atoms with Crippen LogP contribution in [0.25, 0.3) is 0 Å². The van der Waals surface area contributed by atoms with Crippen LogP contribution in [0.2, 0.25) is 0 Å². The van der Waals surface area contributed by atoms with Crippen LogP contribution in [0.1, 0.15) is 36.5 Å². The zero-order valence-electron chi connectivity index (χ0n) is 11.0. The van der Waals surface area contributed by atoms with Crippen molar-refractivity contribution >= 4 is 17.3 Å². The lowest BCUT2D eigenvalue weighted by atomic mass is 9.95. The smallest absolute Gasteiger partial charge is 0.338 e. The highest BCUT2D eigenvalue weighted by Gasteiger charge is 2.22. The fraction of sp³-hybridized carbons (Fsp3) is 0.500. The Morgan fingerprint density at radius 3 is 2.95 bits per heavy atom. The second kappa shape index (κ2) is 5.47. The summed E-state index contributed by atoms with van der Waals surface area (Å²) >= 11 is 0. The van der Waals surface area contributed by atoms with Crippen molar-refractivity contribution in [1.82, 2.24) is 0 Å². The Morgan fingerprint density at radius 1 is 1.58 bits per heavy atom. The van der Waals surface area contributed by atoms with E-state index in [1.165, 1.54) is 18.6 Å². The summed E-state index contributed by atoms with van der Waals surface area (Å²) in [6.45, 7) is 3.84. The van der Waals surface area contributed by atoms with E-state index >= 15 is 0 Å². The predicted octanol–water partition coefficient (Wildman–Crippen LogP) is 2.73. The first kappa shape index (κ1) is 13.6. The number of nitrogens with two attached hydrogens (primary N) is 1. The van der Waals surface area contributed by atoms with Gasteiger partial charge in [0.25, 0.3) is 0 Å². The van der Waals surface area contributed by atoms with Crippen LogP contribution in [-0.4, -0.2) is 24.2 Å². The fourth-order valence-corrected chi connectivity index (χ4v) is 2.63. The maximum absolute atomic E-state index is 13.8.